The maximum Gasteiger partial charge on any atom is 0.254 e. The van der Waals surface area contributed by atoms with Gasteiger partial charge in [0.15, 0.2) is 0 Å². The fraction of sp³-hybridized carbons (Fsp3) is 0.417. The van der Waals surface area contributed by atoms with Gasteiger partial charge < -0.3 is 19.7 Å². The lowest BCUT2D eigenvalue weighted by atomic mass is 9.87. The van der Waals surface area contributed by atoms with Crippen molar-refractivity contribution in [3.63, 3.8) is 0 Å². The van der Waals surface area contributed by atoms with E-state index in [9.17, 15) is 9.59 Å². The summed E-state index contributed by atoms with van der Waals surface area (Å²) in [5.41, 5.74) is 2.54. The first-order valence-electron chi connectivity index (χ1n) is 10.4. The second-order valence-corrected chi connectivity index (χ2v) is 8.13. The molecule has 0 spiro atoms. The van der Waals surface area contributed by atoms with Crippen LogP contribution in [0.1, 0.15) is 40.2 Å². The molecular formula is C24H28N2O4. The molecule has 1 saturated heterocycles. The van der Waals surface area contributed by atoms with Gasteiger partial charge in [-0.25, -0.2) is 0 Å². The molecule has 1 aliphatic heterocycles. The van der Waals surface area contributed by atoms with E-state index in [1.807, 2.05) is 49.4 Å². The van der Waals surface area contributed by atoms with E-state index in [1.54, 1.807) is 19.1 Å². The van der Waals surface area contributed by atoms with Crippen LogP contribution in [0.5, 0.6) is 11.5 Å². The Kier molecular flexibility index (Phi) is 5.66. The van der Waals surface area contributed by atoms with Crippen LogP contribution in [-0.2, 0) is 4.79 Å². The van der Waals surface area contributed by atoms with Crippen molar-refractivity contribution in [1.82, 2.24) is 10.2 Å². The summed E-state index contributed by atoms with van der Waals surface area (Å²) in [7, 11) is 3.22. The Bertz CT molecular complexity index is 954. The summed E-state index contributed by atoms with van der Waals surface area (Å²) < 4.78 is 10.9. The maximum absolute atomic E-state index is 13.2. The van der Waals surface area contributed by atoms with Crippen LogP contribution in [0.3, 0.4) is 0 Å². The quantitative estimate of drug-likeness (QED) is 0.797. The summed E-state index contributed by atoms with van der Waals surface area (Å²) in [6, 6.07) is 13.5. The molecule has 6 nitrogen and oxygen atoms in total. The van der Waals surface area contributed by atoms with Crippen molar-refractivity contribution in [3.8, 4) is 11.5 Å². The number of amides is 2. The molecular weight excluding hydrogens is 380 g/mol. The lowest BCUT2D eigenvalue weighted by molar-refractivity contribution is -0.125. The van der Waals surface area contributed by atoms with Crippen molar-refractivity contribution in [1.29, 1.82) is 0 Å². The fourth-order valence-corrected chi connectivity index (χ4v) is 4.19. The first-order chi connectivity index (χ1) is 14.5. The van der Waals surface area contributed by atoms with Gasteiger partial charge in [-0.1, -0.05) is 24.3 Å². The van der Waals surface area contributed by atoms with Gasteiger partial charge in [0.2, 0.25) is 5.91 Å². The molecule has 2 fully saturated rings. The molecule has 2 aliphatic rings. The minimum absolute atomic E-state index is 0.0143. The Morgan fingerprint density at radius 1 is 1.03 bits per heavy atom. The SMILES string of the molecule is COc1ccc([C@H]2CN(C(=O)c3ccccc3C)C[C@@H]2C(=O)NC2CC2)c(OC)c1. The number of nitrogens with one attached hydrogen (secondary N) is 1. The molecule has 1 saturated carbocycles. The zero-order valence-corrected chi connectivity index (χ0v) is 17.7. The van der Waals surface area contributed by atoms with Crippen molar-refractivity contribution in [2.24, 2.45) is 5.92 Å². The highest BCUT2D eigenvalue weighted by atomic mass is 16.5. The number of aryl methyl sites for hydroxylation is 1. The Morgan fingerprint density at radius 3 is 2.47 bits per heavy atom. The Balaban J connectivity index is 1.65. The van der Waals surface area contributed by atoms with Crippen LogP contribution in [0.4, 0.5) is 0 Å². The minimum atomic E-state index is -0.319. The third kappa shape index (κ3) is 3.99. The zero-order valence-electron chi connectivity index (χ0n) is 17.7. The Morgan fingerprint density at radius 2 is 1.80 bits per heavy atom. The molecule has 6 heteroatoms. The summed E-state index contributed by atoms with van der Waals surface area (Å²) in [6.07, 6.45) is 2.06. The van der Waals surface area contributed by atoms with E-state index in [2.05, 4.69) is 5.32 Å². The Labute approximate surface area is 177 Å². The van der Waals surface area contributed by atoms with Gasteiger partial charge in [-0.3, -0.25) is 9.59 Å². The smallest absolute Gasteiger partial charge is 0.254 e. The number of rotatable bonds is 6. The second-order valence-electron chi connectivity index (χ2n) is 8.13. The first-order valence-corrected chi connectivity index (χ1v) is 10.4. The van der Waals surface area contributed by atoms with Crippen LogP contribution in [-0.4, -0.2) is 50.1 Å². The number of carbonyl (C=O) groups excluding carboxylic acids is 2. The van der Waals surface area contributed by atoms with E-state index in [1.165, 1.54) is 0 Å². The van der Waals surface area contributed by atoms with E-state index < -0.39 is 0 Å². The number of nitrogens with zero attached hydrogens (tertiary/aromatic N) is 1. The van der Waals surface area contributed by atoms with Gasteiger partial charge in [-0.05, 0) is 37.5 Å². The van der Waals surface area contributed by atoms with Crippen LogP contribution >= 0.6 is 0 Å². The molecule has 4 rings (SSSR count). The fourth-order valence-electron chi connectivity index (χ4n) is 4.19. The zero-order chi connectivity index (χ0) is 21.3. The van der Waals surface area contributed by atoms with Gasteiger partial charge in [-0.2, -0.15) is 0 Å². The number of ether oxygens (including phenoxy) is 2. The van der Waals surface area contributed by atoms with Crippen LogP contribution in [0.25, 0.3) is 0 Å². The van der Waals surface area contributed by atoms with Gasteiger partial charge in [0.05, 0.1) is 20.1 Å². The van der Waals surface area contributed by atoms with E-state index in [4.69, 9.17) is 9.47 Å². The van der Waals surface area contributed by atoms with Crippen molar-refractivity contribution in [2.45, 2.75) is 31.7 Å². The van der Waals surface area contributed by atoms with Gasteiger partial charge >= 0.3 is 0 Å². The average Bonchev–Trinajstić information content (AvgIpc) is 3.47. The van der Waals surface area contributed by atoms with Crippen LogP contribution in [0, 0.1) is 12.8 Å². The second kappa shape index (κ2) is 8.38. The lowest BCUT2D eigenvalue weighted by Crippen LogP contribution is -2.36. The van der Waals surface area contributed by atoms with E-state index in [0.717, 1.165) is 24.0 Å². The van der Waals surface area contributed by atoms with Gasteiger partial charge in [0.25, 0.3) is 5.91 Å². The molecule has 2 amide bonds. The summed E-state index contributed by atoms with van der Waals surface area (Å²) >= 11 is 0. The molecule has 2 atom stereocenters. The van der Waals surface area contributed by atoms with Crippen LogP contribution < -0.4 is 14.8 Å². The first kappa shape index (κ1) is 20.3. The third-order valence-corrected chi connectivity index (χ3v) is 6.08. The average molecular weight is 408 g/mol. The van der Waals surface area contributed by atoms with E-state index in [-0.39, 0.29) is 29.7 Å². The number of hydrogen-bond donors (Lipinski definition) is 1. The van der Waals surface area contributed by atoms with Gasteiger partial charge in [-0.15, -0.1) is 0 Å². The summed E-state index contributed by atoms with van der Waals surface area (Å²) in [5, 5.41) is 3.12. The number of benzene rings is 2. The molecule has 1 aliphatic carbocycles. The standard InChI is InChI=1S/C24H28N2O4/c1-15-6-4-5-7-18(15)24(28)26-13-20(21(14-26)23(27)25-16-8-9-16)19-11-10-17(29-2)12-22(19)30-3/h4-7,10-12,16,20-21H,8-9,13-14H2,1-3H3,(H,25,27)/t20-,21+/m1/s1. The molecule has 2 aromatic carbocycles. The molecule has 1 N–H and O–H groups in total. The number of methoxy groups -OCH3 is 2. The van der Waals surface area contributed by atoms with E-state index in [0.29, 0.717) is 30.2 Å². The minimum Gasteiger partial charge on any atom is -0.497 e. The van der Waals surface area contributed by atoms with Crippen LogP contribution in [0.15, 0.2) is 42.5 Å². The monoisotopic (exact) mass is 408 g/mol. The predicted molar refractivity (Wildman–Crippen MR) is 114 cm³/mol. The number of carbonyl (C=O) groups is 2. The summed E-state index contributed by atoms with van der Waals surface area (Å²) in [6.45, 7) is 2.80. The predicted octanol–water partition coefficient (Wildman–Crippen LogP) is 3.15. The van der Waals surface area contributed by atoms with Crippen molar-refractivity contribution in [2.75, 3.05) is 27.3 Å². The Hall–Kier alpha value is -3.02. The van der Waals surface area contributed by atoms with Crippen molar-refractivity contribution in [3.05, 3.63) is 59.2 Å². The largest absolute Gasteiger partial charge is 0.497 e. The highest BCUT2D eigenvalue weighted by Gasteiger charge is 2.43. The summed E-state index contributed by atoms with van der Waals surface area (Å²) in [4.78, 5) is 28.1. The molecule has 0 bridgehead atoms. The molecule has 158 valence electrons. The van der Waals surface area contributed by atoms with Gasteiger partial charge in [0.1, 0.15) is 11.5 Å². The summed E-state index contributed by atoms with van der Waals surface area (Å²) in [5.74, 6) is 0.889. The molecule has 0 radical (unpaired) electrons. The topological polar surface area (TPSA) is 67.9 Å². The molecule has 0 aromatic heterocycles. The number of likely N-dealkylation sites (tertiary alicyclic amines) is 1. The lowest BCUT2D eigenvalue weighted by Gasteiger charge is -2.21. The van der Waals surface area contributed by atoms with Gasteiger partial charge in [0, 0.05) is 42.2 Å². The van der Waals surface area contributed by atoms with Crippen molar-refractivity contribution >= 4 is 11.8 Å². The van der Waals surface area contributed by atoms with Crippen LogP contribution in [0.2, 0.25) is 0 Å². The normalized spacial score (nSPS) is 20.7. The molecule has 0 unspecified atom stereocenters. The van der Waals surface area contributed by atoms with E-state index >= 15 is 0 Å². The molecule has 1 heterocycles. The highest BCUT2D eigenvalue weighted by molar-refractivity contribution is 5.96. The molecule has 2 aromatic rings. The third-order valence-electron chi connectivity index (χ3n) is 6.08. The van der Waals surface area contributed by atoms with Crippen molar-refractivity contribution < 1.29 is 19.1 Å². The highest BCUT2D eigenvalue weighted by Crippen LogP contribution is 2.40. The maximum atomic E-state index is 13.2. The molecule has 30 heavy (non-hydrogen) atoms. The number of hydrogen-bond acceptors (Lipinski definition) is 4.